The summed E-state index contributed by atoms with van der Waals surface area (Å²) in [5.74, 6) is 2.54. The number of aromatic amines is 1. The molecule has 3 heterocycles. The highest BCUT2D eigenvalue weighted by Gasteiger charge is 2.08. The zero-order valence-corrected chi connectivity index (χ0v) is 18.1. The van der Waals surface area contributed by atoms with Gasteiger partial charge in [-0.25, -0.2) is 15.0 Å². The molecule has 0 aliphatic rings. The summed E-state index contributed by atoms with van der Waals surface area (Å²) in [5, 5.41) is 6.49. The van der Waals surface area contributed by atoms with Crippen LogP contribution in [0.3, 0.4) is 0 Å². The number of hydrogen-bond donors (Lipinski definition) is 5. The molecule has 5 aromatic rings. The van der Waals surface area contributed by atoms with Gasteiger partial charge in [-0.3, -0.25) is 0 Å². The molecule has 0 unspecified atom stereocenters. The predicted molar refractivity (Wildman–Crippen MR) is 130 cm³/mol. The third-order valence-electron chi connectivity index (χ3n) is 4.93. The Labute approximate surface area is 189 Å². The quantitative estimate of drug-likeness (QED) is 0.273. The number of rotatable bonds is 5. The van der Waals surface area contributed by atoms with Crippen molar-refractivity contribution < 1.29 is 0 Å². The Hall–Kier alpha value is -4.73. The third kappa shape index (κ3) is 4.49. The number of anilines is 6. The van der Waals surface area contributed by atoms with E-state index in [4.69, 9.17) is 16.5 Å². The van der Waals surface area contributed by atoms with E-state index in [0.29, 0.717) is 11.6 Å². The van der Waals surface area contributed by atoms with Crippen molar-refractivity contribution in [3.8, 4) is 11.4 Å². The van der Waals surface area contributed by atoms with Crippen LogP contribution in [0.5, 0.6) is 0 Å². The molecule has 3 aromatic heterocycles. The molecule has 0 aliphatic heterocycles. The average Bonchev–Trinajstić information content (AvgIpc) is 3.16. The van der Waals surface area contributed by atoms with Crippen molar-refractivity contribution in [2.45, 2.75) is 13.8 Å². The molecule has 0 atom stereocenters. The van der Waals surface area contributed by atoms with Crippen molar-refractivity contribution >= 4 is 45.9 Å². The summed E-state index contributed by atoms with van der Waals surface area (Å²) < 4.78 is 0. The zero-order chi connectivity index (χ0) is 22.9. The number of nitrogens with zero attached hydrogens (tertiary/aromatic N) is 5. The molecule has 0 aliphatic carbocycles. The number of aromatic nitrogens is 6. The Balaban J connectivity index is 1.36. The largest absolute Gasteiger partial charge is 0.368 e. The van der Waals surface area contributed by atoms with E-state index in [1.54, 1.807) is 0 Å². The molecule has 0 amide bonds. The van der Waals surface area contributed by atoms with Crippen LogP contribution in [-0.4, -0.2) is 29.9 Å². The van der Waals surface area contributed by atoms with Crippen LogP contribution in [0.4, 0.5) is 34.9 Å². The Morgan fingerprint density at radius 1 is 0.667 bits per heavy atom. The smallest absolute Gasteiger partial charge is 0.222 e. The lowest BCUT2D eigenvalue weighted by Gasteiger charge is -2.07. The highest BCUT2D eigenvalue weighted by atomic mass is 15.1. The van der Waals surface area contributed by atoms with Crippen LogP contribution in [-0.2, 0) is 0 Å². The summed E-state index contributed by atoms with van der Waals surface area (Å²) >= 11 is 0. The monoisotopic (exact) mass is 438 g/mol. The minimum Gasteiger partial charge on any atom is -0.368 e. The number of benzene rings is 2. The van der Waals surface area contributed by atoms with Gasteiger partial charge in [0.05, 0.1) is 11.0 Å². The van der Waals surface area contributed by atoms with Gasteiger partial charge in [-0.1, -0.05) is 0 Å². The molecule has 10 heteroatoms. The molecule has 0 saturated heterocycles. The number of imidazole rings is 1. The van der Waals surface area contributed by atoms with Gasteiger partial charge >= 0.3 is 0 Å². The van der Waals surface area contributed by atoms with E-state index in [9.17, 15) is 0 Å². The lowest BCUT2D eigenvalue weighted by Crippen LogP contribution is -2.01. The Morgan fingerprint density at radius 2 is 1.24 bits per heavy atom. The lowest BCUT2D eigenvalue weighted by molar-refractivity contribution is 1.12. The van der Waals surface area contributed by atoms with Gasteiger partial charge in [0.1, 0.15) is 17.5 Å². The van der Waals surface area contributed by atoms with E-state index in [2.05, 4.69) is 35.6 Å². The van der Waals surface area contributed by atoms with Crippen LogP contribution in [0.2, 0.25) is 0 Å². The number of H-pyrrole nitrogens is 1. The predicted octanol–water partition coefficient (Wildman–Crippen LogP) is 4.08. The summed E-state index contributed by atoms with van der Waals surface area (Å²) in [5.41, 5.74) is 17.5. The van der Waals surface area contributed by atoms with Crippen LogP contribution in [0.1, 0.15) is 11.4 Å². The molecule has 33 heavy (non-hydrogen) atoms. The number of fused-ring (bicyclic) bond motifs is 1. The van der Waals surface area contributed by atoms with E-state index in [1.165, 1.54) is 0 Å². The molecule has 0 fully saturated rings. The first-order chi connectivity index (χ1) is 15.9. The van der Waals surface area contributed by atoms with Crippen molar-refractivity contribution in [2.24, 2.45) is 0 Å². The highest BCUT2D eigenvalue weighted by Crippen LogP contribution is 2.26. The van der Waals surface area contributed by atoms with Gasteiger partial charge in [0.15, 0.2) is 0 Å². The highest BCUT2D eigenvalue weighted by molar-refractivity contribution is 5.83. The fraction of sp³-hybridized carbons (Fsp3) is 0.0870. The van der Waals surface area contributed by atoms with Crippen LogP contribution >= 0.6 is 0 Å². The number of nitrogen functional groups attached to an aromatic ring is 2. The first-order valence-corrected chi connectivity index (χ1v) is 10.3. The Morgan fingerprint density at radius 3 is 1.85 bits per heavy atom. The van der Waals surface area contributed by atoms with Gasteiger partial charge in [0.25, 0.3) is 0 Å². The minimum atomic E-state index is 0.233. The SMILES string of the molecule is Cc1cc(Nc2ccc(-c3nc4cc(Nc5cc(C)nc(N)n5)ccc4[nH]3)cc2)nc(N)n1. The summed E-state index contributed by atoms with van der Waals surface area (Å²) in [6, 6.07) is 17.5. The first kappa shape index (κ1) is 20.2. The van der Waals surface area contributed by atoms with Gasteiger partial charge in [-0.15, -0.1) is 0 Å². The molecule has 164 valence electrons. The molecule has 2 aromatic carbocycles. The molecule has 0 radical (unpaired) electrons. The maximum absolute atomic E-state index is 5.74. The second-order valence-corrected chi connectivity index (χ2v) is 7.65. The van der Waals surface area contributed by atoms with Crippen molar-refractivity contribution in [1.82, 2.24) is 29.9 Å². The van der Waals surface area contributed by atoms with E-state index < -0.39 is 0 Å². The maximum Gasteiger partial charge on any atom is 0.222 e. The van der Waals surface area contributed by atoms with Crippen LogP contribution in [0.15, 0.2) is 54.6 Å². The molecule has 7 N–H and O–H groups in total. The fourth-order valence-corrected chi connectivity index (χ4v) is 3.54. The van der Waals surface area contributed by atoms with Gasteiger partial charge in [-0.05, 0) is 56.3 Å². The molecular formula is C23H22N10. The number of nitrogens with one attached hydrogen (secondary N) is 3. The normalized spacial score (nSPS) is 11.0. The number of hydrogen-bond acceptors (Lipinski definition) is 9. The summed E-state index contributed by atoms with van der Waals surface area (Å²) in [7, 11) is 0. The molecule has 5 rings (SSSR count). The first-order valence-electron chi connectivity index (χ1n) is 10.3. The van der Waals surface area contributed by atoms with Crippen molar-refractivity contribution in [3.05, 3.63) is 66.0 Å². The fourth-order valence-electron chi connectivity index (χ4n) is 3.54. The van der Waals surface area contributed by atoms with Gasteiger partial charge < -0.3 is 27.1 Å². The second-order valence-electron chi connectivity index (χ2n) is 7.65. The third-order valence-corrected chi connectivity index (χ3v) is 4.93. The lowest BCUT2D eigenvalue weighted by atomic mass is 10.2. The maximum atomic E-state index is 5.74. The molecule has 0 spiro atoms. The standard InChI is InChI=1S/C23H22N10/c1-12-9-19(32-22(24)26-12)28-15-5-3-14(4-6-15)21-30-17-8-7-16(11-18(17)31-21)29-20-10-13(2)27-23(25)33-20/h3-11H,1-2H3,(H,30,31)(H3,24,26,28,32)(H3,25,27,29,33). The molecule has 0 saturated carbocycles. The van der Waals surface area contributed by atoms with Crippen LogP contribution < -0.4 is 22.1 Å². The average molecular weight is 438 g/mol. The second kappa shape index (κ2) is 8.08. The van der Waals surface area contributed by atoms with Crippen LogP contribution in [0, 0.1) is 13.8 Å². The van der Waals surface area contributed by atoms with E-state index in [-0.39, 0.29) is 11.9 Å². The summed E-state index contributed by atoms with van der Waals surface area (Å²) in [6.45, 7) is 3.75. The summed E-state index contributed by atoms with van der Waals surface area (Å²) in [4.78, 5) is 24.7. The summed E-state index contributed by atoms with van der Waals surface area (Å²) in [6.07, 6.45) is 0. The number of nitrogens with two attached hydrogens (primary N) is 2. The van der Waals surface area contributed by atoms with Crippen molar-refractivity contribution in [1.29, 1.82) is 0 Å². The van der Waals surface area contributed by atoms with E-state index in [0.717, 1.165) is 45.2 Å². The molecule has 10 nitrogen and oxygen atoms in total. The van der Waals surface area contributed by atoms with Gasteiger partial charge in [-0.2, -0.15) is 9.97 Å². The zero-order valence-electron chi connectivity index (χ0n) is 18.1. The molecular weight excluding hydrogens is 416 g/mol. The van der Waals surface area contributed by atoms with Crippen molar-refractivity contribution in [3.63, 3.8) is 0 Å². The van der Waals surface area contributed by atoms with Gasteiger partial charge in [0, 0.05) is 40.5 Å². The Bertz CT molecular complexity index is 1420. The topological polar surface area (TPSA) is 156 Å². The van der Waals surface area contributed by atoms with E-state index >= 15 is 0 Å². The number of aryl methyl sites for hydroxylation is 2. The van der Waals surface area contributed by atoms with Gasteiger partial charge in [0.2, 0.25) is 11.9 Å². The van der Waals surface area contributed by atoms with Crippen LogP contribution in [0.25, 0.3) is 22.4 Å². The van der Waals surface area contributed by atoms with Crippen molar-refractivity contribution in [2.75, 3.05) is 22.1 Å². The van der Waals surface area contributed by atoms with E-state index in [1.807, 2.05) is 68.4 Å². The Kier molecular flexibility index (Phi) is 4.94. The minimum absolute atomic E-state index is 0.233. The molecule has 0 bridgehead atoms.